The van der Waals surface area contributed by atoms with Crippen molar-refractivity contribution in [2.75, 3.05) is 29.2 Å². The van der Waals surface area contributed by atoms with Crippen molar-refractivity contribution in [3.63, 3.8) is 0 Å². The Hall–Kier alpha value is -1.17. The van der Waals surface area contributed by atoms with Gasteiger partial charge < -0.3 is 10.6 Å². The monoisotopic (exact) mass is 296 g/mol. The van der Waals surface area contributed by atoms with Crippen LogP contribution in [0.5, 0.6) is 0 Å². The van der Waals surface area contributed by atoms with Crippen molar-refractivity contribution >= 4 is 22.4 Å². The molecule has 0 saturated carbocycles. The zero-order valence-electron chi connectivity index (χ0n) is 12.7. The number of nitrogens with one attached hydrogen (secondary N) is 2. The molecule has 0 atom stereocenters. The second-order valence-electron chi connectivity index (χ2n) is 6.23. The lowest BCUT2D eigenvalue weighted by molar-refractivity contribution is 0.545. The number of nitrogens with zero attached hydrogens (tertiary/aromatic N) is 2. The molecular weight excluding hydrogens is 272 g/mol. The summed E-state index contributed by atoms with van der Waals surface area (Å²) in [5, 5.41) is 6.55. The van der Waals surface area contributed by atoms with Gasteiger partial charge in [-0.25, -0.2) is 9.97 Å². The lowest BCUT2D eigenvalue weighted by Crippen LogP contribution is -2.30. The van der Waals surface area contributed by atoms with E-state index >= 15 is 0 Å². The Labute approximate surface area is 123 Å². The molecule has 1 aromatic rings. The zero-order chi connectivity index (χ0) is 14.8. The molecule has 1 aliphatic rings. The fourth-order valence-electron chi connectivity index (χ4n) is 2.13. The van der Waals surface area contributed by atoms with E-state index in [2.05, 4.69) is 41.4 Å². The van der Waals surface area contributed by atoms with Crippen LogP contribution in [0.4, 0.5) is 11.6 Å². The lowest BCUT2D eigenvalue weighted by atomic mass is 9.96. The molecule has 0 radical (unpaired) electrons. The number of rotatable bonds is 3. The molecule has 1 aliphatic heterocycles. The maximum Gasteiger partial charge on any atom is 0.138 e. The smallest absolute Gasteiger partial charge is 0.138 e. The molecule has 2 N–H and O–H groups in total. The second kappa shape index (κ2) is 6.08. The van der Waals surface area contributed by atoms with Crippen LogP contribution in [0, 0.1) is 0 Å². The number of aromatic nitrogens is 2. The minimum atomic E-state index is -0.628. The number of hydrogen-bond donors (Lipinski definition) is 2. The van der Waals surface area contributed by atoms with Gasteiger partial charge in [0.05, 0.1) is 0 Å². The zero-order valence-corrected chi connectivity index (χ0v) is 13.5. The molecule has 2 heterocycles. The Morgan fingerprint density at radius 1 is 1.20 bits per heavy atom. The maximum absolute atomic E-state index is 11.4. The highest BCUT2D eigenvalue weighted by Crippen LogP contribution is 2.23. The summed E-state index contributed by atoms with van der Waals surface area (Å²) in [6.45, 7) is 6.32. The van der Waals surface area contributed by atoms with Gasteiger partial charge in [0.1, 0.15) is 17.5 Å². The Morgan fingerprint density at radius 3 is 2.35 bits per heavy atom. The number of anilines is 2. The SMILES string of the molecule is CNc1cc(NC2CCS(=O)CC2)nc(C(C)(C)C)n1. The van der Waals surface area contributed by atoms with E-state index in [1.165, 1.54) is 0 Å². The van der Waals surface area contributed by atoms with Gasteiger partial charge in [-0.05, 0) is 12.8 Å². The Bertz CT molecular complexity index is 488. The second-order valence-corrected chi connectivity index (χ2v) is 7.92. The van der Waals surface area contributed by atoms with E-state index in [-0.39, 0.29) is 5.41 Å². The van der Waals surface area contributed by atoms with E-state index in [9.17, 15) is 4.21 Å². The highest BCUT2D eigenvalue weighted by molar-refractivity contribution is 7.85. The average molecular weight is 296 g/mol. The van der Waals surface area contributed by atoms with Crippen LogP contribution in [0.3, 0.4) is 0 Å². The minimum Gasteiger partial charge on any atom is -0.373 e. The summed E-state index contributed by atoms with van der Waals surface area (Å²) in [5.74, 6) is 4.08. The van der Waals surface area contributed by atoms with Crippen molar-refractivity contribution in [3.05, 3.63) is 11.9 Å². The highest BCUT2D eigenvalue weighted by atomic mass is 32.2. The maximum atomic E-state index is 11.4. The summed E-state index contributed by atoms with van der Waals surface area (Å²) < 4.78 is 11.4. The lowest BCUT2D eigenvalue weighted by Gasteiger charge is -2.24. The van der Waals surface area contributed by atoms with Crippen LogP contribution >= 0.6 is 0 Å². The predicted molar refractivity (Wildman–Crippen MR) is 84.8 cm³/mol. The van der Waals surface area contributed by atoms with Gasteiger partial charge in [-0.2, -0.15) is 0 Å². The van der Waals surface area contributed by atoms with Gasteiger partial charge in [0.2, 0.25) is 0 Å². The first-order valence-corrected chi connectivity index (χ1v) is 8.56. The first-order chi connectivity index (χ1) is 9.38. The van der Waals surface area contributed by atoms with E-state index in [1.807, 2.05) is 13.1 Å². The first kappa shape index (κ1) is 15.2. The van der Waals surface area contributed by atoms with Gasteiger partial charge >= 0.3 is 0 Å². The summed E-state index contributed by atoms with van der Waals surface area (Å²) in [5.41, 5.74) is -0.0860. The van der Waals surface area contributed by atoms with E-state index in [1.54, 1.807) is 0 Å². The average Bonchev–Trinajstić information content (AvgIpc) is 2.40. The van der Waals surface area contributed by atoms with Crippen LogP contribution in [-0.4, -0.2) is 38.8 Å². The van der Waals surface area contributed by atoms with Crippen LogP contribution in [0.1, 0.15) is 39.4 Å². The normalized spacial score (nSPS) is 23.4. The van der Waals surface area contributed by atoms with Crippen LogP contribution < -0.4 is 10.6 Å². The van der Waals surface area contributed by atoms with Crippen molar-refractivity contribution < 1.29 is 4.21 Å². The summed E-state index contributed by atoms with van der Waals surface area (Å²) >= 11 is 0. The molecule has 20 heavy (non-hydrogen) atoms. The van der Waals surface area contributed by atoms with Crippen molar-refractivity contribution in [3.8, 4) is 0 Å². The molecule has 0 aliphatic carbocycles. The molecule has 2 rings (SSSR count). The third kappa shape index (κ3) is 3.91. The van der Waals surface area contributed by atoms with Gasteiger partial charge in [0, 0.05) is 46.9 Å². The van der Waals surface area contributed by atoms with Crippen molar-refractivity contribution in [2.24, 2.45) is 0 Å². The van der Waals surface area contributed by atoms with Gasteiger partial charge in [0.25, 0.3) is 0 Å². The van der Waals surface area contributed by atoms with Crippen LogP contribution in [0.15, 0.2) is 6.07 Å². The summed E-state index contributed by atoms with van der Waals surface area (Å²) in [7, 11) is 1.23. The topological polar surface area (TPSA) is 66.9 Å². The predicted octanol–water partition coefficient (Wildman–Crippen LogP) is 2.14. The fourth-order valence-corrected chi connectivity index (χ4v) is 3.43. The standard InChI is InChI=1S/C14H24N4OS/c1-14(2,3)13-17-11(15-4)9-12(18-13)16-10-5-7-20(19)8-6-10/h9-10H,5-8H2,1-4H3,(H2,15,16,17,18). The van der Waals surface area contributed by atoms with Crippen LogP contribution in [0.2, 0.25) is 0 Å². The Kier molecular flexibility index (Phi) is 4.62. The first-order valence-electron chi connectivity index (χ1n) is 7.07. The van der Waals surface area contributed by atoms with E-state index in [4.69, 9.17) is 0 Å². The van der Waals surface area contributed by atoms with Crippen LogP contribution in [-0.2, 0) is 16.2 Å². The molecule has 0 amide bonds. The largest absolute Gasteiger partial charge is 0.373 e. The van der Waals surface area contributed by atoms with E-state index in [0.717, 1.165) is 41.8 Å². The van der Waals surface area contributed by atoms with Gasteiger partial charge in [-0.3, -0.25) is 4.21 Å². The quantitative estimate of drug-likeness (QED) is 0.894. The number of hydrogen-bond acceptors (Lipinski definition) is 5. The molecule has 0 aromatic carbocycles. The van der Waals surface area contributed by atoms with E-state index < -0.39 is 10.8 Å². The summed E-state index contributed by atoms with van der Waals surface area (Å²) in [6.07, 6.45) is 1.88. The summed E-state index contributed by atoms with van der Waals surface area (Å²) in [4.78, 5) is 9.15. The third-order valence-electron chi connectivity index (χ3n) is 3.39. The van der Waals surface area contributed by atoms with Crippen molar-refractivity contribution in [1.82, 2.24) is 9.97 Å². The molecule has 0 bridgehead atoms. The van der Waals surface area contributed by atoms with Gasteiger partial charge in [-0.1, -0.05) is 20.8 Å². The van der Waals surface area contributed by atoms with Crippen molar-refractivity contribution in [2.45, 2.75) is 45.1 Å². The Balaban J connectivity index is 2.16. The highest BCUT2D eigenvalue weighted by Gasteiger charge is 2.21. The molecule has 0 spiro atoms. The van der Waals surface area contributed by atoms with Gasteiger partial charge in [0.15, 0.2) is 0 Å². The van der Waals surface area contributed by atoms with Gasteiger partial charge in [-0.15, -0.1) is 0 Å². The molecule has 1 saturated heterocycles. The molecule has 0 unspecified atom stereocenters. The summed E-state index contributed by atoms with van der Waals surface area (Å²) in [6, 6.07) is 2.29. The molecule has 1 aromatic heterocycles. The third-order valence-corrected chi connectivity index (χ3v) is 4.78. The molecule has 112 valence electrons. The minimum absolute atomic E-state index is 0.0860. The molecular formula is C14H24N4OS. The van der Waals surface area contributed by atoms with E-state index in [0.29, 0.717) is 6.04 Å². The molecule has 5 nitrogen and oxygen atoms in total. The Morgan fingerprint density at radius 2 is 1.80 bits per heavy atom. The molecule has 6 heteroatoms. The molecule has 1 fully saturated rings. The van der Waals surface area contributed by atoms with Crippen molar-refractivity contribution in [1.29, 1.82) is 0 Å². The van der Waals surface area contributed by atoms with Crippen LogP contribution in [0.25, 0.3) is 0 Å². The fraction of sp³-hybridized carbons (Fsp3) is 0.714.